The van der Waals surface area contributed by atoms with Crippen LogP contribution in [0.15, 0.2) is 64.2 Å². The summed E-state index contributed by atoms with van der Waals surface area (Å²) in [4.78, 5) is 23.7. The highest BCUT2D eigenvalue weighted by Gasteiger charge is 2.32. The van der Waals surface area contributed by atoms with Crippen molar-refractivity contribution in [2.45, 2.75) is 12.5 Å². The Morgan fingerprint density at radius 3 is 2.96 bits per heavy atom. The second-order valence-electron chi connectivity index (χ2n) is 6.33. The van der Waals surface area contributed by atoms with E-state index in [9.17, 15) is 4.79 Å². The molecular formula is C19H16N4O3. The number of amides is 1. The molecule has 1 saturated heterocycles. The SMILES string of the molecule is O=C(c1ccco1)N1CCC(n2c(-c3ccoc3)nc3cccnc32)C1. The van der Waals surface area contributed by atoms with Crippen LogP contribution in [-0.2, 0) is 0 Å². The molecule has 0 aliphatic carbocycles. The lowest BCUT2D eigenvalue weighted by molar-refractivity contribution is 0.0756. The Labute approximate surface area is 148 Å². The zero-order valence-electron chi connectivity index (χ0n) is 13.9. The first kappa shape index (κ1) is 14.9. The first-order valence-corrected chi connectivity index (χ1v) is 8.49. The average molecular weight is 348 g/mol. The third-order valence-electron chi connectivity index (χ3n) is 4.78. The molecule has 5 heterocycles. The molecule has 26 heavy (non-hydrogen) atoms. The maximum Gasteiger partial charge on any atom is 0.289 e. The molecular weight excluding hydrogens is 332 g/mol. The molecule has 4 aromatic rings. The summed E-state index contributed by atoms with van der Waals surface area (Å²) in [5.74, 6) is 1.10. The van der Waals surface area contributed by atoms with Crippen LogP contribution < -0.4 is 0 Å². The molecule has 1 aliphatic heterocycles. The fourth-order valence-electron chi connectivity index (χ4n) is 3.56. The summed E-state index contributed by atoms with van der Waals surface area (Å²) in [6.45, 7) is 1.26. The summed E-state index contributed by atoms with van der Waals surface area (Å²) in [6.07, 6.45) is 7.43. The maximum absolute atomic E-state index is 12.6. The molecule has 0 spiro atoms. The van der Waals surface area contributed by atoms with Crippen LogP contribution in [0.1, 0.15) is 23.0 Å². The lowest BCUT2D eigenvalue weighted by Crippen LogP contribution is -2.28. The van der Waals surface area contributed by atoms with Crippen LogP contribution in [0.3, 0.4) is 0 Å². The Morgan fingerprint density at radius 1 is 1.19 bits per heavy atom. The second-order valence-corrected chi connectivity index (χ2v) is 6.33. The quantitative estimate of drug-likeness (QED) is 0.567. The van der Waals surface area contributed by atoms with E-state index in [2.05, 4.69) is 9.55 Å². The van der Waals surface area contributed by atoms with Gasteiger partial charge in [0, 0.05) is 19.3 Å². The molecule has 0 N–H and O–H groups in total. The van der Waals surface area contributed by atoms with E-state index < -0.39 is 0 Å². The van der Waals surface area contributed by atoms with E-state index in [-0.39, 0.29) is 11.9 Å². The van der Waals surface area contributed by atoms with Crippen molar-refractivity contribution in [2.75, 3.05) is 13.1 Å². The number of aromatic nitrogens is 3. The van der Waals surface area contributed by atoms with Crippen molar-refractivity contribution in [3.63, 3.8) is 0 Å². The molecule has 5 rings (SSSR count). The topological polar surface area (TPSA) is 77.3 Å². The van der Waals surface area contributed by atoms with Crippen LogP contribution >= 0.6 is 0 Å². The fourth-order valence-corrected chi connectivity index (χ4v) is 3.56. The van der Waals surface area contributed by atoms with Gasteiger partial charge in [0.2, 0.25) is 0 Å². The van der Waals surface area contributed by atoms with E-state index in [1.165, 1.54) is 6.26 Å². The Kier molecular flexibility index (Phi) is 3.38. The predicted octanol–water partition coefficient (Wildman–Crippen LogP) is 3.37. The Hall–Kier alpha value is -3.35. The van der Waals surface area contributed by atoms with E-state index in [0.717, 1.165) is 29.0 Å². The number of imidazole rings is 1. The molecule has 0 aromatic carbocycles. The highest BCUT2D eigenvalue weighted by Crippen LogP contribution is 2.32. The number of nitrogens with zero attached hydrogens (tertiary/aromatic N) is 4. The van der Waals surface area contributed by atoms with Gasteiger partial charge in [0.05, 0.1) is 24.1 Å². The van der Waals surface area contributed by atoms with Crippen LogP contribution in [0, 0.1) is 0 Å². The smallest absolute Gasteiger partial charge is 0.289 e. The summed E-state index contributed by atoms with van der Waals surface area (Å²) in [6, 6.07) is 9.23. The lowest BCUT2D eigenvalue weighted by Gasteiger charge is -2.17. The molecule has 1 unspecified atom stereocenters. The number of hydrogen-bond acceptors (Lipinski definition) is 5. The van der Waals surface area contributed by atoms with Gasteiger partial charge in [0.25, 0.3) is 5.91 Å². The van der Waals surface area contributed by atoms with E-state index in [1.807, 2.05) is 23.1 Å². The Morgan fingerprint density at radius 2 is 2.15 bits per heavy atom. The zero-order valence-corrected chi connectivity index (χ0v) is 13.9. The molecule has 0 radical (unpaired) electrons. The third-order valence-corrected chi connectivity index (χ3v) is 4.78. The predicted molar refractivity (Wildman–Crippen MR) is 93.5 cm³/mol. The largest absolute Gasteiger partial charge is 0.472 e. The van der Waals surface area contributed by atoms with E-state index in [0.29, 0.717) is 18.8 Å². The van der Waals surface area contributed by atoms with Crippen LogP contribution in [0.5, 0.6) is 0 Å². The molecule has 1 amide bonds. The van der Waals surface area contributed by atoms with Crippen molar-refractivity contribution in [2.24, 2.45) is 0 Å². The number of likely N-dealkylation sites (tertiary alicyclic amines) is 1. The van der Waals surface area contributed by atoms with Gasteiger partial charge in [-0.25, -0.2) is 9.97 Å². The van der Waals surface area contributed by atoms with Gasteiger partial charge in [-0.05, 0) is 36.8 Å². The zero-order chi connectivity index (χ0) is 17.5. The summed E-state index contributed by atoms with van der Waals surface area (Å²) in [7, 11) is 0. The molecule has 1 aliphatic rings. The maximum atomic E-state index is 12.6. The highest BCUT2D eigenvalue weighted by molar-refractivity contribution is 5.91. The summed E-state index contributed by atoms with van der Waals surface area (Å²) in [5, 5.41) is 0. The molecule has 4 aromatic heterocycles. The molecule has 130 valence electrons. The lowest BCUT2D eigenvalue weighted by atomic mass is 10.2. The minimum absolute atomic E-state index is 0.0836. The van der Waals surface area contributed by atoms with Crippen LogP contribution in [0.4, 0.5) is 0 Å². The first-order chi connectivity index (χ1) is 12.8. The van der Waals surface area contributed by atoms with Crippen LogP contribution in [0.2, 0.25) is 0 Å². The van der Waals surface area contributed by atoms with E-state index in [4.69, 9.17) is 13.8 Å². The third kappa shape index (κ3) is 2.32. The van der Waals surface area contributed by atoms with Crippen molar-refractivity contribution in [1.29, 1.82) is 0 Å². The fraction of sp³-hybridized carbons (Fsp3) is 0.211. The van der Waals surface area contributed by atoms with E-state index >= 15 is 0 Å². The van der Waals surface area contributed by atoms with Gasteiger partial charge in [0.1, 0.15) is 17.6 Å². The normalized spacial score (nSPS) is 17.2. The monoisotopic (exact) mass is 348 g/mol. The molecule has 0 bridgehead atoms. The number of carbonyl (C=O) groups is 1. The summed E-state index contributed by atoms with van der Waals surface area (Å²) < 4.78 is 12.6. The van der Waals surface area contributed by atoms with Gasteiger partial charge >= 0.3 is 0 Å². The average Bonchev–Trinajstić information content (AvgIpc) is 3.47. The summed E-state index contributed by atoms with van der Waals surface area (Å²) >= 11 is 0. The van der Waals surface area contributed by atoms with Crippen molar-refractivity contribution in [1.82, 2.24) is 19.4 Å². The van der Waals surface area contributed by atoms with Crippen molar-refractivity contribution < 1.29 is 13.6 Å². The minimum atomic E-state index is -0.0836. The number of carbonyl (C=O) groups excluding carboxylic acids is 1. The molecule has 7 nitrogen and oxygen atoms in total. The summed E-state index contributed by atoms with van der Waals surface area (Å²) in [5.41, 5.74) is 2.55. The van der Waals surface area contributed by atoms with E-state index in [1.54, 1.807) is 30.9 Å². The number of furan rings is 2. The second kappa shape index (κ2) is 5.87. The van der Waals surface area contributed by atoms with Crippen molar-refractivity contribution in [3.05, 3.63) is 61.1 Å². The molecule has 1 atom stereocenters. The molecule has 0 saturated carbocycles. The molecule has 1 fully saturated rings. The van der Waals surface area contributed by atoms with Crippen LogP contribution in [0.25, 0.3) is 22.6 Å². The Bertz CT molecular complexity index is 1050. The number of hydrogen-bond donors (Lipinski definition) is 0. The number of pyridine rings is 1. The van der Waals surface area contributed by atoms with Gasteiger partial charge in [-0.2, -0.15) is 0 Å². The van der Waals surface area contributed by atoms with Crippen molar-refractivity contribution in [3.8, 4) is 11.4 Å². The van der Waals surface area contributed by atoms with Crippen LogP contribution in [-0.4, -0.2) is 38.4 Å². The van der Waals surface area contributed by atoms with Gasteiger partial charge in [-0.3, -0.25) is 4.79 Å². The number of fused-ring (bicyclic) bond motifs is 1. The Balaban J connectivity index is 1.53. The molecule has 7 heteroatoms. The van der Waals surface area contributed by atoms with Gasteiger partial charge in [-0.15, -0.1) is 0 Å². The minimum Gasteiger partial charge on any atom is -0.472 e. The van der Waals surface area contributed by atoms with Gasteiger partial charge in [0.15, 0.2) is 11.4 Å². The number of rotatable bonds is 3. The van der Waals surface area contributed by atoms with Gasteiger partial charge in [-0.1, -0.05) is 0 Å². The highest BCUT2D eigenvalue weighted by atomic mass is 16.3. The van der Waals surface area contributed by atoms with Gasteiger partial charge < -0.3 is 18.3 Å². The standard InChI is InChI=1S/C19H16N4O3/c24-19(16-4-2-9-26-16)22-8-5-14(11-22)23-17(13-6-10-25-12-13)21-15-3-1-7-20-18(15)23/h1-4,6-7,9-10,12,14H,5,8,11H2. The first-order valence-electron chi connectivity index (χ1n) is 8.49. The van der Waals surface area contributed by atoms with Crippen molar-refractivity contribution >= 4 is 17.1 Å².